The summed E-state index contributed by atoms with van der Waals surface area (Å²) in [7, 11) is -4.70. The van der Waals surface area contributed by atoms with Gasteiger partial charge in [-0.25, -0.2) is 4.79 Å². The van der Waals surface area contributed by atoms with Crippen LogP contribution < -0.4 is 0 Å². The summed E-state index contributed by atoms with van der Waals surface area (Å²) in [5, 5.41) is 9.27. The molecule has 0 heterocycles. The molecule has 138 valence electrons. The highest BCUT2D eigenvalue weighted by Gasteiger charge is 2.37. The van der Waals surface area contributed by atoms with E-state index in [4.69, 9.17) is 4.55 Å². The van der Waals surface area contributed by atoms with E-state index in [1.165, 1.54) is 0 Å². The molecule has 0 aliphatic rings. The largest absolute Gasteiger partial charge is 0.480 e. The molecule has 0 aliphatic carbocycles. The molecule has 0 fully saturated rings. The molecule has 0 bridgehead atoms. The van der Waals surface area contributed by atoms with E-state index in [0.29, 0.717) is 23.3 Å². The van der Waals surface area contributed by atoms with E-state index in [2.05, 4.69) is 0 Å². The van der Waals surface area contributed by atoms with Gasteiger partial charge in [0.2, 0.25) is 11.8 Å². The van der Waals surface area contributed by atoms with Gasteiger partial charge in [0.05, 0.1) is 6.42 Å². The first-order valence-corrected chi connectivity index (χ1v) is 9.33. The summed E-state index contributed by atoms with van der Waals surface area (Å²) < 4.78 is 31.2. The zero-order chi connectivity index (χ0) is 19.0. The number of carbonyl (C=O) groups excluding carboxylic acids is 2. The van der Waals surface area contributed by atoms with Crippen LogP contribution in [0.15, 0.2) is 30.3 Å². The Kier molecular flexibility index (Phi) is 7.72. The van der Waals surface area contributed by atoms with Gasteiger partial charge in [-0.1, -0.05) is 43.7 Å². The lowest BCUT2D eigenvalue weighted by molar-refractivity contribution is -0.157. The van der Waals surface area contributed by atoms with E-state index in [0.717, 1.165) is 0 Å². The average molecular weight is 371 g/mol. The van der Waals surface area contributed by atoms with Crippen molar-refractivity contribution in [1.29, 1.82) is 0 Å². The number of hydrogen-bond donors (Lipinski definition) is 2. The molecule has 0 aliphatic heterocycles. The molecule has 1 rings (SSSR count). The number of aliphatic carboxylic acids is 1. The van der Waals surface area contributed by atoms with Crippen molar-refractivity contribution in [3.8, 4) is 0 Å². The van der Waals surface area contributed by atoms with E-state index in [-0.39, 0.29) is 12.8 Å². The standard InChI is InChI=1S/C16H21NO7S/c1-2-3-9-14(18)17(13(16(20)21)11-25(22,23)24)15(19)10-12-7-5-4-6-8-12/h4-8,13H,2-3,9-11H2,1H3,(H,20,21)(H,22,23,24)/t13-/m0/s1. The summed E-state index contributed by atoms with van der Waals surface area (Å²) in [6.45, 7) is 1.82. The molecule has 1 aromatic rings. The van der Waals surface area contributed by atoms with Gasteiger partial charge in [0.15, 0.2) is 6.04 Å². The lowest BCUT2D eigenvalue weighted by atomic mass is 10.1. The number of nitrogens with zero attached hydrogens (tertiary/aromatic N) is 1. The third-order valence-electron chi connectivity index (χ3n) is 3.44. The number of amides is 2. The summed E-state index contributed by atoms with van der Waals surface area (Å²) in [5.41, 5.74) is 0.553. The van der Waals surface area contributed by atoms with Crippen LogP contribution in [0.2, 0.25) is 0 Å². The van der Waals surface area contributed by atoms with Crippen molar-refractivity contribution in [3.05, 3.63) is 35.9 Å². The summed E-state index contributed by atoms with van der Waals surface area (Å²) in [6.07, 6.45) is 0.717. The summed E-state index contributed by atoms with van der Waals surface area (Å²) in [5.74, 6) is -4.54. The second-order valence-corrected chi connectivity index (χ2v) is 7.02. The number of carboxylic acid groups (broad SMARTS) is 1. The first-order chi connectivity index (χ1) is 11.7. The van der Waals surface area contributed by atoms with E-state index in [1.54, 1.807) is 30.3 Å². The fraction of sp³-hybridized carbons (Fsp3) is 0.438. The second kappa shape index (κ2) is 9.28. The van der Waals surface area contributed by atoms with E-state index >= 15 is 0 Å². The zero-order valence-electron chi connectivity index (χ0n) is 13.8. The van der Waals surface area contributed by atoms with Gasteiger partial charge in [0, 0.05) is 6.42 Å². The van der Waals surface area contributed by atoms with Crippen LogP contribution in [-0.2, 0) is 30.9 Å². The van der Waals surface area contributed by atoms with Gasteiger partial charge in [-0.2, -0.15) is 8.42 Å². The maximum Gasteiger partial charge on any atom is 0.328 e. The molecule has 8 nitrogen and oxygen atoms in total. The Labute approximate surface area is 146 Å². The minimum Gasteiger partial charge on any atom is -0.480 e. The predicted octanol–water partition coefficient (Wildman–Crippen LogP) is 1.12. The molecule has 1 aromatic carbocycles. The molecular weight excluding hydrogens is 350 g/mol. The Bertz CT molecular complexity index is 715. The van der Waals surface area contributed by atoms with Crippen molar-refractivity contribution in [3.63, 3.8) is 0 Å². The highest BCUT2D eigenvalue weighted by atomic mass is 32.2. The Morgan fingerprint density at radius 1 is 1.12 bits per heavy atom. The molecule has 0 radical (unpaired) electrons. The molecule has 0 aromatic heterocycles. The molecular formula is C16H21NO7S. The van der Waals surface area contributed by atoms with Crippen LogP contribution in [-0.4, -0.2) is 52.6 Å². The molecule has 0 spiro atoms. The van der Waals surface area contributed by atoms with Crippen LogP contribution >= 0.6 is 0 Å². The van der Waals surface area contributed by atoms with Crippen LogP contribution in [0.5, 0.6) is 0 Å². The highest BCUT2D eigenvalue weighted by molar-refractivity contribution is 7.85. The van der Waals surface area contributed by atoms with Crippen molar-refractivity contribution in [2.75, 3.05) is 5.75 Å². The summed E-state index contributed by atoms with van der Waals surface area (Å²) in [4.78, 5) is 36.7. The van der Waals surface area contributed by atoms with Crippen LogP contribution in [0.4, 0.5) is 0 Å². The van der Waals surface area contributed by atoms with E-state index < -0.39 is 39.7 Å². The Hall–Kier alpha value is -2.26. The van der Waals surface area contributed by atoms with Gasteiger partial charge in [-0.15, -0.1) is 0 Å². The zero-order valence-corrected chi connectivity index (χ0v) is 14.6. The van der Waals surface area contributed by atoms with Gasteiger partial charge in [-0.3, -0.25) is 19.0 Å². The molecule has 0 saturated heterocycles. The normalized spacial score (nSPS) is 12.4. The first-order valence-electron chi connectivity index (χ1n) is 7.72. The van der Waals surface area contributed by atoms with Gasteiger partial charge >= 0.3 is 5.97 Å². The monoisotopic (exact) mass is 371 g/mol. The predicted molar refractivity (Wildman–Crippen MR) is 89.4 cm³/mol. The summed E-state index contributed by atoms with van der Waals surface area (Å²) in [6, 6.07) is 6.38. The smallest absolute Gasteiger partial charge is 0.328 e. The number of carboxylic acids is 1. The maximum atomic E-state index is 12.5. The van der Waals surface area contributed by atoms with Crippen LogP contribution in [0.3, 0.4) is 0 Å². The number of benzene rings is 1. The van der Waals surface area contributed by atoms with Crippen LogP contribution in [0.1, 0.15) is 31.7 Å². The Morgan fingerprint density at radius 2 is 1.72 bits per heavy atom. The highest BCUT2D eigenvalue weighted by Crippen LogP contribution is 2.12. The minimum atomic E-state index is -4.70. The lowest BCUT2D eigenvalue weighted by Crippen LogP contribution is -2.52. The van der Waals surface area contributed by atoms with Crippen LogP contribution in [0, 0.1) is 0 Å². The molecule has 2 amide bonds. The number of carbonyl (C=O) groups is 3. The van der Waals surface area contributed by atoms with Gasteiger partial charge in [0.1, 0.15) is 5.75 Å². The average Bonchev–Trinajstić information content (AvgIpc) is 2.52. The summed E-state index contributed by atoms with van der Waals surface area (Å²) >= 11 is 0. The Balaban J connectivity index is 3.14. The lowest BCUT2D eigenvalue weighted by Gasteiger charge is -2.26. The maximum absolute atomic E-state index is 12.5. The molecule has 2 N–H and O–H groups in total. The fourth-order valence-corrected chi connectivity index (χ4v) is 2.94. The van der Waals surface area contributed by atoms with E-state index in [1.807, 2.05) is 6.92 Å². The van der Waals surface area contributed by atoms with Crippen molar-refractivity contribution in [2.24, 2.45) is 0 Å². The van der Waals surface area contributed by atoms with Crippen molar-refractivity contribution in [2.45, 2.75) is 38.6 Å². The first kappa shape index (κ1) is 20.8. The minimum absolute atomic E-state index is 0.0910. The molecule has 0 unspecified atom stereocenters. The molecule has 0 saturated carbocycles. The second-order valence-electron chi connectivity index (χ2n) is 5.53. The number of rotatable bonds is 9. The van der Waals surface area contributed by atoms with Crippen molar-refractivity contribution >= 4 is 27.9 Å². The quantitative estimate of drug-likeness (QED) is 0.622. The number of hydrogen-bond acceptors (Lipinski definition) is 5. The Morgan fingerprint density at radius 3 is 2.20 bits per heavy atom. The van der Waals surface area contributed by atoms with Gasteiger partial charge in [-0.05, 0) is 12.0 Å². The molecule has 1 atom stereocenters. The van der Waals surface area contributed by atoms with Crippen molar-refractivity contribution in [1.82, 2.24) is 4.90 Å². The van der Waals surface area contributed by atoms with E-state index in [9.17, 15) is 27.9 Å². The molecule has 25 heavy (non-hydrogen) atoms. The fourth-order valence-electron chi connectivity index (χ4n) is 2.25. The molecule has 9 heteroatoms. The number of imide groups is 1. The third kappa shape index (κ3) is 7.02. The third-order valence-corrected chi connectivity index (χ3v) is 4.18. The SMILES string of the molecule is CCCCC(=O)N(C(=O)Cc1ccccc1)[C@@H](CS(=O)(=O)O)C(=O)O. The van der Waals surface area contributed by atoms with Gasteiger partial charge < -0.3 is 5.11 Å². The van der Waals surface area contributed by atoms with Gasteiger partial charge in [0.25, 0.3) is 10.1 Å². The van der Waals surface area contributed by atoms with Crippen molar-refractivity contribution < 1.29 is 32.5 Å². The number of unbranched alkanes of at least 4 members (excludes halogenated alkanes) is 1. The van der Waals surface area contributed by atoms with Crippen LogP contribution in [0.25, 0.3) is 0 Å². The topological polar surface area (TPSA) is 129 Å².